The van der Waals surface area contributed by atoms with Gasteiger partial charge in [0, 0.05) is 35.2 Å². The molecule has 5 heteroatoms. The minimum Gasteiger partial charge on any atom is -0.497 e. The monoisotopic (exact) mass is 421 g/mol. The van der Waals surface area contributed by atoms with Crippen LogP contribution in [0.1, 0.15) is 30.5 Å². The molecule has 0 spiro atoms. The van der Waals surface area contributed by atoms with Gasteiger partial charge in [0.25, 0.3) is 0 Å². The van der Waals surface area contributed by atoms with Crippen molar-refractivity contribution in [3.05, 3.63) is 65.6 Å². The van der Waals surface area contributed by atoms with Crippen LogP contribution in [0.2, 0.25) is 0 Å². The normalized spacial score (nSPS) is 25.3. The first-order chi connectivity index (χ1) is 15.0. The molecule has 2 heterocycles. The Bertz CT molecular complexity index is 1050. The number of H-pyrrole nitrogens is 1. The van der Waals surface area contributed by atoms with Crippen molar-refractivity contribution in [1.29, 1.82) is 0 Å². The molecule has 1 aromatic heterocycles. The summed E-state index contributed by atoms with van der Waals surface area (Å²) >= 11 is 0. The van der Waals surface area contributed by atoms with Crippen LogP contribution in [-0.4, -0.2) is 42.2 Å². The fraction of sp³-hybridized carbons (Fsp3) is 0.462. The summed E-state index contributed by atoms with van der Waals surface area (Å²) in [5.74, 6) is 2.21. The number of aromatic nitrogens is 1. The van der Waals surface area contributed by atoms with E-state index in [4.69, 9.17) is 10.5 Å². The number of nitrogens with zero attached hydrogens (tertiary/aromatic N) is 1. The highest BCUT2D eigenvalue weighted by Gasteiger charge is 2.45. The molecule has 164 valence electrons. The summed E-state index contributed by atoms with van der Waals surface area (Å²) < 4.78 is 18.6. The lowest BCUT2D eigenvalue weighted by Gasteiger charge is -2.48. The number of methoxy groups -OCH3 is 1. The lowest BCUT2D eigenvalue weighted by molar-refractivity contribution is 0.0812. The topological polar surface area (TPSA) is 54.3 Å². The average Bonchev–Trinajstić information content (AvgIpc) is 3.53. The predicted molar refractivity (Wildman–Crippen MR) is 123 cm³/mol. The number of likely N-dealkylation sites (tertiary alicyclic amines) is 1. The third-order valence-electron chi connectivity index (χ3n) is 7.23. The van der Waals surface area contributed by atoms with Gasteiger partial charge in [0.1, 0.15) is 11.6 Å². The zero-order valence-corrected chi connectivity index (χ0v) is 18.2. The molecule has 0 amide bonds. The molecule has 4 nitrogen and oxygen atoms in total. The Morgan fingerprint density at radius 1 is 1.16 bits per heavy atom. The second kappa shape index (κ2) is 8.29. The van der Waals surface area contributed by atoms with E-state index >= 15 is 0 Å². The molecule has 1 aliphatic heterocycles. The minimum absolute atomic E-state index is 0.151. The number of rotatable bonds is 3. The van der Waals surface area contributed by atoms with E-state index in [2.05, 4.69) is 9.88 Å². The van der Waals surface area contributed by atoms with E-state index in [1.807, 2.05) is 36.4 Å². The van der Waals surface area contributed by atoms with Gasteiger partial charge in [0.05, 0.1) is 7.11 Å². The van der Waals surface area contributed by atoms with Crippen LogP contribution in [-0.2, 0) is 12.8 Å². The molecule has 2 unspecified atom stereocenters. The van der Waals surface area contributed by atoms with Crippen molar-refractivity contribution in [2.75, 3.05) is 26.7 Å². The fourth-order valence-electron chi connectivity index (χ4n) is 5.36. The van der Waals surface area contributed by atoms with Crippen molar-refractivity contribution < 1.29 is 9.13 Å². The second-order valence-electron chi connectivity index (χ2n) is 9.57. The van der Waals surface area contributed by atoms with E-state index in [1.165, 1.54) is 49.7 Å². The highest BCUT2D eigenvalue weighted by atomic mass is 19.1. The Labute approximate surface area is 183 Å². The smallest absolute Gasteiger partial charge is 0.123 e. The van der Waals surface area contributed by atoms with Crippen molar-refractivity contribution in [1.82, 2.24) is 9.88 Å². The molecule has 1 saturated carbocycles. The molecule has 2 aromatic carbocycles. The molecular weight excluding hydrogens is 389 g/mol. The first kappa shape index (κ1) is 20.5. The van der Waals surface area contributed by atoms with Crippen molar-refractivity contribution in [3.8, 4) is 5.75 Å². The summed E-state index contributed by atoms with van der Waals surface area (Å²) in [5.41, 5.74) is 10.3. The number of hydrogen-bond acceptors (Lipinski definition) is 3. The van der Waals surface area contributed by atoms with Crippen LogP contribution in [0.15, 0.2) is 48.5 Å². The summed E-state index contributed by atoms with van der Waals surface area (Å²) in [6, 6.07) is 14.7. The number of benzene rings is 2. The van der Waals surface area contributed by atoms with E-state index in [-0.39, 0.29) is 11.4 Å². The number of ether oxygens (including phenoxy) is 1. The van der Waals surface area contributed by atoms with Crippen LogP contribution in [0, 0.1) is 17.7 Å². The van der Waals surface area contributed by atoms with Gasteiger partial charge >= 0.3 is 0 Å². The van der Waals surface area contributed by atoms with Gasteiger partial charge in [-0.25, -0.2) is 4.39 Å². The SMILES string of the molecule is COc1ccccc1.NC12Cc3c([nH]c4ccc(F)cc34)CC1CCN(CC1CC1)C2. The molecule has 0 bridgehead atoms. The summed E-state index contributed by atoms with van der Waals surface area (Å²) in [7, 11) is 1.66. The molecule has 2 aliphatic carbocycles. The van der Waals surface area contributed by atoms with Crippen LogP contribution in [0.3, 0.4) is 0 Å². The number of nitrogens with two attached hydrogens (primary N) is 1. The molecule has 2 atom stereocenters. The summed E-state index contributed by atoms with van der Waals surface area (Å²) in [5, 5.41) is 1.03. The van der Waals surface area contributed by atoms with Crippen molar-refractivity contribution in [3.63, 3.8) is 0 Å². The Morgan fingerprint density at radius 3 is 2.68 bits per heavy atom. The summed E-state index contributed by atoms with van der Waals surface area (Å²) in [6.07, 6.45) is 5.86. The zero-order chi connectivity index (χ0) is 21.4. The third-order valence-corrected chi connectivity index (χ3v) is 7.23. The summed E-state index contributed by atoms with van der Waals surface area (Å²) in [6.45, 7) is 3.40. The van der Waals surface area contributed by atoms with Crippen molar-refractivity contribution in [2.24, 2.45) is 17.6 Å². The van der Waals surface area contributed by atoms with Gasteiger partial charge in [0.2, 0.25) is 0 Å². The quantitative estimate of drug-likeness (QED) is 0.653. The average molecular weight is 422 g/mol. The Hall–Kier alpha value is -2.37. The van der Waals surface area contributed by atoms with E-state index < -0.39 is 0 Å². The lowest BCUT2D eigenvalue weighted by atomic mass is 9.68. The molecule has 3 aliphatic rings. The molecule has 0 radical (unpaired) electrons. The van der Waals surface area contributed by atoms with E-state index in [0.717, 1.165) is 42.0 Å². The van der Waals surface area contributed by atoms with Crippen LogP contribution in [0.4, 0.5) is 4.39 Å². The van der Waals surface area contributed by atoms with Gasteiger partial charge in [-0.2, -0.15) is 0 Å². The van der Waals surface area contributed by atoms with Gasteiger partial charge in [-0.15, -0.1) is 0 Å². The van der Waals surface area contributed by atoms with Crippen LogP contribution in [0.25, 0.3) is 10.9 Å². The van der Waals surface area contributed by atoms with Crippen LogP contribution in [0.5, 0.6) is 5.75 Å². The second-order valence-corrected chi connectivity index (χ2v) is 9.57. The highest BCUT2D eigenvalue weighted by molar-refractivity contribution is 5.85. The molecular formula is C26H32FN3O. The number of para-hydroxylation sites is 1. The van der Waals surface area contributed by atoms with Gasteiger partial charge in [0.15, 0.2) is 0 Å². The van der Waals surface area contributed by atoms with E-state index in [9.17, 15) is 4.39 Å². The fourth-order valence-corrected chi connectivity index (χ4v) is 5.36. The molecule has 1 saturated heterocycles. The maximum atomic E-state index is 13.7. The summed E-state index contributed by atoms with van der Waals surface area (Å²) in [4.78, 5) is 6.09. The first-order valence-corrected chi connectivity index (χ1v) is 11.4. The van der Waals surface area contributed by atoms with Gasteiger partial charge in [-0.3, -0.25) is 0 Å². The third kappa shape index (κ3) is 4.35. The number of nitrogens with one attached hydrogen (secondary N) is 1. The van der Waals surface area contributed by atoms with E-state index in [0.29, 0.717) is 5.92 Å². The predicted octanol–water partition coefficient (Wildman–Crippen LogP) is 4.53. The van der Waals surface area contributed by atoms with Crippen LogP contribution >= 0.6 is 0 Å². The maximum absolute atomic E-state index is 13.7. The highest BCUT2D eigenvalue weighted by Crippen LogP contribution is 2.41. The van der Waals surface area contributed by atoms with E-state index in [1.54, 1.807) is 13.2 Å². The number of halogens is 1. The largest absolute Gasteiger partial charge is 0.497 e. The van der Waals surface area contributed by atoms with Crippen LogP contribution < -0.4 is 10.5 Å². The van der Waals surface area contributed by atoms with Gasteiger partial charge in [-0.1, -0.05) is 18.2 Å². The molecule has 3 aromatic rings. The van der Waals surface area contributed by atoms with Crippen molar-refractivity contribution >= 4 is 10.9 Å². The van der Waals surface area contributed by atoms with Crippen molar-refractivity contribution in [2.45, 2.75) is 37.6 Å². The zero-order valence-electron chi connectivity index (χ0n) is 18.2. The first-order valence-electron chi connectivity index (χ1n) is 11.4. The number of piperidine rings is 1. The standard InChI is InChI=1S/C19H24FN3.C7H8O/c20-14-3-4-17-15(8-14)16-9-19(21)11-23(10-12-1-2-12)6-5-13(19)7-18(16)22-17;1-8-7-5-3-2-4-6-7/h3-4,8,12-13,22H,1-2,5-7,9-11,21H2;2-6H,1H3. The molecule has 2 fully saturated rings. The lowest BCUT2D eigenvalue weighted by Crippen LogP contribution is -2.63. The molecule has 3 N–H and O–H groups in total. The number of hydrogen-bond donors (Lipinski definition) is 2. The maximum Gasteiger partial charge on any atom is 0.123 e. The Kier molecular flexibility index (Phi) is 5.49. The Balaban J connectivity index is 0.000000217. The van der Waals surface area contributed by atoms with Gasteiger partial charge in [-0.05, 0) is 86.4 Å². The molecule has 31 heavy (non-hydrogen) atoms. The van der Waals surface area contributed by atoms with Gasteiger partial charge < -0.3 is 20.4 Å². The minimum atomic E-state index is -0.161. The number of aromatic amines is 1. The number of fused-ring (bicyclic) bond motifs is 4. The molecule has 6 rings (SSSR count). The Morgan fingerprint density at radius 2 is 1.97 bits per heavy atom.